The van der Waals surface area contributed by atoms with E-state index < -0.39 is 24.0 Å². The molecule has 6 heteroatoms. The van der Waals surface area contributed by atoms with E-state index >= 15 is 0 Å². The molecule has 2 rings (SSSR count). The van der Waals surface area contributed by atoms with Gasteiger partial charge in [0.05, 0.1) is 0 Å². The Morgan fingerprint density at radius 1 is 1.33 bits per heavy atom. The van der Waals surface area contributed by atoms with Crippen LogP contribution in [0.5, 0.6) is 0 Å². The zero-order valence-electron chi connectivity index (χ0n) is 14.0. The van der Waals surface area contributed by atoms with Gasteiger partial charge in [-0.25, -0.2) is 4.79 Å². The first-order valence-corrected chi connectivity index (χ1v) is 8.22. The number of amides is 1. The van der Waals surface area contributed by atoms with E-state index in [1.165, 1.54) is 0 Å². The summed E-state index contributed by atoms with van der Waals surface area (Å²) >= 11 is 0. The number of rotatable bonds is 9. The van der Waals surface area contributed by atoms with Crippen LogP contribution in [-0.2, 0) is 20.7 Å². The van der Waals surface area contributed by atoms with E-state index in [0.717, 1.165) is 29.3 Å². The molecular formula is C18H24N2O4. The molecule has 0 saturated carbocycles. The topological polar surface area (TPSA) is 91.4 Å². The van der Waals surface area contributed by atoms with Gasteiger partial charge in [-0.1, -0.05) is 31.5 Å². The third-order valence-corrected chi connectivity index (χ3v) is 3.95. The molecule has 2 aromatic rings. The van der Waals surface area contributed by atoms with Crippen LogP contribution in [-0.4, -0.2) is 40.7 Å². The molecule has 0 saturated heterocycles. The molecule has 0 unspecified atom stereocenters. The number of hydrogen-bond acceptors (Lipinski definition) is 3. The van der Waals surface area contributed by atoms with Gasteiger partial charge in [0.15, 0.2) is 0 Å². The van der Waals surface area contributed by atoms with Gasteiger partial charge in [-0.3, -0.25) is 4.79 Å². The van der Waals surface area contributed by atoms with Crippen LogP contribution in [0.3, 0.4) is 0 Å². The van der Waals surface area contributed by atoms with Gasteiger partial charge in [-0.2, -0.15) is 0 Å². The fourth-order valence-electron chi connectivity index (χ4n) is 2.49. The lowest BCUT2D eigenvalue weighted by Crippen LogP contribution is -2.46. The van der Waals surface area contributed by atoms with Gasteiger partial charge in [-0.15, -0.1) is 0 Å². The van der Waals surface area contributed by atoms with Crippen molar-refractivity contribution in [1.29, 1.82) is 0 Å². The Kier molecular flexibility index (Phi) is 6.37. The zero-order valence-corrected chi connectivity index (χ0v) is 14.0. The van der Waals surface area contributed by atoms with E-state index in [1.54, 1.807) is 13.1 Å². The number of hydrogen-bond donors (Lipinski definition) is 3. The lowest BCUT2D eigenvalue weighted by atomic mass is 10.0. The average molecular weight is 332 g/mol. The molecule has 0 bridgehead atoms. The van der Waals surface area contributed by atoms with Crippen LogP contribution in [0, 0.1) is 0 Å². The molecule has 2 atom stereocenters. The molecule has 0 spiro atoms. The molecule has 1 heterocycles. The number of carbonyl (C=O) groups is 2. The number of nitrogens with one attached hydrogen (secondary N) is 2. The minimum absolute atomic E-state index is 0.215. The van der Waals surface area contributed by atoms with Gasteiger partial charge in [-0.05, 0) is 25.0 Å². The standard InChI is InChI=1S/C18H24N2O4/c1-3-4-9-24-12(2)17(21)20-16(18(22)23)10-13-11-19-15-8-6-5-7-14(13)15/h5-8,11-12,16,19H,3-4,9-10H2,1-2H3,(H,20,21)(H,22,23)/t12-,16+/m0/s1. The summed E-state index contributed by atoms with van der Waals surface area (Å²) in [5.74, 6) is -1.47. The Hall–Kier alpha value is -2.34. The SMILES string of the molecule is CCCCO[C@@H](C)C(=O)N[C@H](Cc1c[nH]c2ccccc12)C(=O)O. The van der Waals surface area contributed by atoms with E-state index in [1.807, 2.05) is 31.2 Å². The highest BCUT2D eigenvalue weighted by Crippen LogP contribution is 2.19. The van der Waals surface area contributed by atoms with E-state index in [-0.39, 0.29) is 6.42 Å². The third-order valence-electron chi connectivity index (χ3n) is 3.95. The van der Waals surface area contributed by atoms with E-state index in [4.69, 9.17) is 4.74 Å². The number of carbonyl (C=O) groups excluding carboxylic acids is 1. The third kappa shape index (κ3) is 4.58. The molecule has 130 valence electrons. The van der Waals surface area contributed by atoms with Crippen LogP contribution in [0.25, 0.3) is 10.9 Å². The van der Waals surface area contributed by atoms with Gasteiger partial charge >= 0.3 is 5.97 Å². The van der Waals surface area contributed by atoms with E-state index in [9.17, 15) is 14.7 Å². The van der Waals surface area contributed by atoms with Gasteiger partial charge in [0.25, 0.3) is 0 Å². The number of aromatic nitrogens is 1. The number of H-pyrrole nitrogens is 1. The van der Waals surface area contributed by atoms with Crippen molar-refractivity contribution < 1.29 is 19.4 Å². The maximum atomic E-state index is 12.1. The smallest absolute Gasteiger partial charge is 0.326 e. The van der Waals surface area contributed by atoms with Gasteiger partial charge in [0.2, 0.25) is 5.91 Å². The summed E-state index contributed by atoms with van der Waals surface area (Å²) in [5.41, 5.74) is 1.80. The molecule has 6 nitrogen and oxygen atoms in total. The van der Waals surface area contributed by atoms with Gasteiger partial charge in [0, 0.05) is 30.1 Å². The summed E-state index contributed by atoms with van der Waals surface area (Å²) in [5, 5.41) is 13.0. The summed E-state index contributed by atoms with van der Waals surface area (Å²) < 4.78 is 5.42. The van der Waals surface area contributed by atoms with Crippen LogP contribution in [0.15, 0.2) is 30.5 Å². The first-order valence-electron chi connectivity index (χ1n) is 8.22. The van der Waals surface area contributed by atoms with Gasteiger partial charge in [0.1, 0.15) is 12.1 Å². The largest absolute Gasteiger partial charge is 0.480 e. The summed E-state index contributed by atoms with van der Waals surface area (Å²) in [4.78, 5) is 26.8. The first kappa shape index (κ1) is 18.0. The number of fused-ring (bicyclic) bond motifs is 1. The van der Waals surface area contributed by atoms with Crippen molar-refractivity contribution in [2.24, 2.45) is 0 Å². The number of aromatic amines is 1. The van der Waals surface area contributed by atoms with Crippen molar-refractivity contribution in [1.82, 2.24) is 10.3 Å². The Bertz CT molecular complexity index is 695. The molecule has 0 radical (unpaired) electrons. The molecule has 0 aliphatic heterocycles. The molecular weight excluding hydrogens is 308 g/mol. The molecule has 1 aromatic carbocycles. The highest BCUT2D eigenvalue weighted by Gasteiger charge is 2.24. The van der Waals surface area contributed by atoms with Crippen LogP contribution < -0.4 is 5.32 Å². The van der Waals surface area contributed by atoms with Gasteiger partial charge < -0.3 is 20.1 Å². The number of carboxylic acids is 1. The summed E-state index contributed by atoms with van der Waals surface area (Å²) in [6, 6.07) is 6.68. The van der Waals surface area contributed by atoms with Crippen molar-refractivity contribution in [3.63, 3.8) is 0 Å². The average Bonchev–Trinajstić information content (AvgIpc) is 2.97. The summed E-state index contributed by atoms with van der Waals surface area (Å²) in [7, 11) is 0. The predicted octanol–water partition coefficient (Wildman–Crippen LogP) is 2.49. The van der Waals surface area contributed by atoms with Crippen molar-refractivity contribution in [3.05, 3.63) is 36.0 Å². The summed E-state index contributed by atoms with van der Waals surface area (Å²) in [6.45, 7) is 4.16. The Balaban J connectivity index is 2.02. The lowest BCUT2D eigenvalue weighted by Gasteiger charge is -2.18. The number of ether oxygens (including phenoxy) is 1. The van der Waals surface area contributed by atoms with Crippen LogP contribution in [0.4, 0.5) is 0 Å². The van der Waals surface area contributed by atoms with Crippen molar-refractivity contribution in [2.75, 3.05) is 6.61 Å². The minimum Gasteiger partial charge on any atom is -0.480 e. The molecule has 1 amide bonds. The second kappa shape index (κ2) is 8.49. The van der Waals surface area contributed by atoms with Crippen molar-refractivity contribution >= 4 is 22.8 Å². The normalized spacial score (nSPS) is 13.6. The second-order valence-electron chi connectivity index (χ2n) is 5.83. The number of aliphatic carboxylic acids is 1. The summed E-state index contributed by atoms with van der Waals surface area (Å²) in [6.07, 6.45) is 3.18. The predicted molar refractivity (Wildman–Crippen MR) is 91.9 cm³/mol. The molecule has 0 aliphatic rings. The van der Waals surface area contributed by atoms with Crippen LogP contribution >= 0.6 is 0 Å². The molecule has 24 heavy (non-hydrogen) atoms. The van der Waals surface area contributed by atoms with E-state index in [2.05, 4.69) is 10.3 Å². The number of para-hydroxylation sites is 1. The fourth-order valence-corrected chi connectivity index (χ4v) is 2.49. The Morgan fingerprint density at radius 3 is 2.79 bits per heavy atom. The molecule has 0 aliphatic carbocycles. The number of carboxylic acid groups (broad SMARTS) is 1. The van der Waals surface area contributed by atoms with E-state index in [0.29, 0.717) is 6.61 Å². The maximum Gasteiger partial charge on any atom is 0.326 e. The highest BCUT2D eigenvalue weighted by molar-refractivity contribution is 5.88. The second-order valence-corrected chi connectivity index (χ2v) is 5.83. The minimum atomic E-state index is -1.06. The van der Waals surface area contributed by atoms with Crippen molar-refractivity contribution in [2.45, 2.75) is 45.3 Å². The Labute approximate surface area is 141 Å². The molecule has 1 aromatic heterocycles. The quantitative estimate of drug-likeness (QED) is 0.615. The monoisotopic (exact) mass is 332 g/mol. The molecule has 3 N–H and O–H groups in total. The number of benzene rings is 1. The Morgan fingerprint density at radius 2 is 2.08 bits per heavy atom. The zero-order chi connectivity index (χ0) is 17.5. The van der Waals surface area contributed by atoms with Crippen LogP contribution in [0.2, 0.25) is 0 Å². The fraction of sp³-hybridized carbons (Fsp3) is 0.444. The molecule has 0 fully saturated rings. The lowest BCUT2D eigenvalue weighted by molar-refractivity contribution is -0.144. The number of unbranched alkanes of at least 4 members (excludes halogenated alkanes) is 1. The highest BCUT2D eigenvalue weighted by atomic mass is 16.5. The first-order chi connectivity index (χ1) is 11.5. The van der Waals surface area contributed by atoms with Crippen molar-refractivity contribution in [3.8, 4) is 0 Å². The maximum absolute atomic E-state index is 12.1. The van der Waals surface area contributed by atoms with Crippen LogP contribution in [0.1, 0.15) is 32.3 Å².